The lowest BCUT2D eigenvalue weighted by Gasteiger charge is -2.27. The Balaban J connectivity index is 1.62. The first-order chi connectivity index (χ1) is 12.7. The van der Waals surface area contributed by atoms with Crippen LogP contribution in [0.5, 0.6) is 5.75 Å². The van der Waals surface area contributed by atoms with Gasteiger partial charge in [-0.05, 0) is 47.6 Å². The monoisotopic (exact) mass is 350 g/mol. The molecule has 1 saturated carbocycles. The minimum atomic E-state index is 0.0994. The van der Waals surface area contributed by atoms with Gasteiger partial charge in [-0.1, -0.05) is 69.0 Å². The van der Waals surface area contributed by atoms with Crippen molar-refractivity contribution in [3.05, 3.63) is 54.1 Å². The molecular formula is C24H30O2. The van der Waals surface area contributed by atoms with Gasteiger partial charge in [0.25, 0.3) is 0 Å². The van der Waals surface area contributed by atoms with Gasteiger partial charge in [-0.2, -0.15) is 0 Å². The summed E-state index contributed by atoms with van der Waals surface area (Å²) in [6.45, 7) is 2.23. The van der Waals surface area contributed by atoms with Crippen molar-refractivity contribution in [3.63, 3.8) is 0 Å². The number of Topliss-reactive ketones (excluding diaryl/α,β-unsaturated/α-hetero) is 1. The van der Waals surface area contributed by atoms with Gasteiger partial charge in [0.15, 0.2) is 0 Å². The molecule has 2 aromatic rings. The Morgan fingerprint density at radius 3 is 2.15 bits per heavy atom. The number of ether oxygens (including phenoxy) is 1. The maximum Gasteiger partial charge on any atom is 0.140 e. The van der Waals surface area contributed by atoms with E-state index in [4.69, 9.17) is 4.74 Å². The third-order valence-electron chi connectivity index (χ3n) is 5.69. The third-order valence-corrected chi connectivity index (χ3v) is 5.69. The highest BCUT2D eigenvalue weighted by Crippen LogP contribution is 2.36. The van der Waals surface area contributed by atoms with Gasteiger partial charge in [-0.25, -0.2) is 0 Å². The molecule has 1 aliphatic rings. The molecule has 26 heavy (non-hydrogen) atoms. The predicted molar refractivity (Wildman–Crippen MR) is 108 cm³/mol. The summed E-state index contributed by atoms with van der Waals surface area (Å²) < 4.78 is 5.22. The van der Waals surface area contributed by atoms with Crippen molar-refractivity contribution in [1.29, 1.82) is 0 Å². The van der Waals surface area contributed by atoms with Crippen molar-refractivity contribution < 1.29 is 9.53 Å². The molecule has 1 fully saturated rings. The molecule has 3 rings (SSSR count). The lowest BCUT2D eigenvalue weighted by Crippen LogP contribution is -2.23. The van der Waals surface area contributed by atoms with Crippen molar-refractivity contribution >= 4 is 5.78 Å². The van der Waals surface area contributed by atoms with Crippen LogP contribution in [0.4, 0.5) is 0 Å². The van der Waals surface area contributed by atoms with E-state index in [1.807, 2.05) is 12.1 Å². The summed E-state index contributed by atoms with van der Waals surface area (Å²) in [5, 5.41) is 0. The Morgan fingerprint density at radius 1 is 0.923 bits per heavy atom. The Kier molecular flexibility index (Phi) is 6.49. The van der Waals surface area contributed by atoms with Crippen LogP contribution >= 0.6 is 0 Å². The number of carbonyl (C=O) groups excluding carboxylic acids is 1. The molecule has 2 atom stereocenters. The van der Waals surface area contributed by atoms with Gasteiger partial charge in [0.2, 0.25) is 0 Å². The van der Waals surface area contributed by atoms with Crippen molar-refractivity contribution in [2.75, 3.05) is 7.11 Å². The molecule has 1 aliphatic carbocycles. The highest BCUT2D eigenvalue weighted by molar-refractivity contribution is 5.86. The van der Waals surface area contributed by atoms with Crippen LogP contribution in [0.2, 0.25) is 0 Å². The van der Waals surface area contributed by atoms with Gasteiger partial charge in [0, 0.05) is 12.3 Å². The van der Waals surface area contributed by atoms with Crippen LogP contribution in [-0.2, 0) is 4.79 Å². The number of benzene rings is 2. The number of unbranched alkanes of at least 4 members (excludes halogenated alkanes) is 2. The van der Waals surface area contributed by atoms with Crippen LogP contribution in [0, 0.1) is 5.92 Å². The van der Waals surface area contributed by atoms with E-state index in [1.54, 1.807) is 7.11 Å². The number of hydrogen-bond donors (Lipinski definition) is 0. The second-order valence-electron chi connectivity index (χ2n) is 7.51. The van der Waals surface area contributed by atoms with E-state index in [0.717, 1.165) is 18.6 Å². The number of hydrogen-bond acceptors (Lipinski definition) is 2. The Morgan fingerprint density at radius 2 is 1.58 bits per heavy atom. The fourth-order valence-corrected chi connectivity index (χ4v) is 4.07. The van der Waals surface area contributed by atoms with Crippen LogP contribution in [-0.4, -0.2) is 12.9 Å². The predicted octanol–water partition coefficient (Wildman–Crippen LogP) is 6.40. The van der Waals surface area contributed by atoms with Crippen molar-refractivity contribution in [2.24, 2.45) is 5.92 Å². The van der Waals surface area contributed by atoms with Gasteiger partial charge in [-0.15, -0.1) is 0 Å². The van der Waals surface area contributed by atoms with Crippen LogP contribution in [0.25, 0.3) is 11.1 Å². The molecule has 0 aliphatic heterocycles. The summed E-state index contributed by atoms with van der Waals surface area (Å²) in [6, 6.07) is 16.6. The summed E-state index contributed by atoms with van der Waals surface area (Å²) in [5.41, 5.74) is 3.53. The first kappa shape index (κ1) is 18.7. The molecule has 0 bridgehead atoms. The minimum Gasteiger partial charge on any atom is -0.497 e. The maximum atomic E-state index is 12.6. The minimum absolute atomic E-state index is 0.0994. The van der Waals surface area contributed by atoms with Gasteiger partial charge >= 0.3 is 0 Å². The molecule has 0 unspecified atom stereocenters. The average molecular weight is 351 g/mol. The molecule has 138 valence electrons. The van der Waals surface area contributed by atoms with Gasteiger partial charge < -0.3 is 4.74 Å². The van der Waals surface area contributed by atoms with E-state index in [1.165, 1.54) is 48.8 Å². The zero-order chi connectivity index (χ0) is 18.4. The lowest BCUT2D eigenvalue weighted by molar-refractivity contribution is -0.123. The SMILES string of the molecule is CCCCC[C@H]1CC[C@H](c2ccc(-c3ccc(OC)cc3)cc2)C(=O)C1. The summed E-state index contributed by atoms with van der Waals surface area (Å²) in [6.07, 6.45) is 8.02. The zero-order valence-corrected chi connectivity index (χ0v) is 16.0. The van der Waals surface area contributed by atoms with Gasteiger partial charge in [0.1, 0.15) is 11.5 Å². The summed E-state index contributed by atoms with van der Waals surface area (Å²) in [7, 11) is 1.68. The Hall–Kier alpha value is -2.09. The molecule has 0 aromatic heterocycles. The van der Waals surface area contributed by atoms with Crippen LogP contribution < -0.4 is 4.74 Å². The topological polar surface area (TPSA) is 26.3 Å². The summed E-state index contributed by atoms with van der Waals surface area (Å²) in [4.78, 5) is 12.6. The molecule has 0 N–H and O–H groups in total. The van der Waals surface area contributed by atoms with E-state index in [-0.39, 0.29) is 5.92 Å². The molecule has 2 aromatic carbocycles. The van der Waals surface area contributed by atoms with E-state index < -0.39 is 0 Å². The lowest BCUT2D eigenvalue weighted by atomic mass is 9.76. The van der Waals surface area contributed by atoms with E-state index in [9.17, 15) is 4.79 Å². The van der Waals surface area contributed by atoms with E-state index in [0.29, 0.717) is 11.7 Å². The van der Waals surface area contributed by atoms with Crippen molar-refractivity contribution in [1.82, 2.24) is 0 Å². The first-order valence-corrected chi connectivity index (χ1v) is 9.98. The van der Waals surface area contributed by atoms with E-state index in [2.05, 4.69) is 43.3 Å². The number of carbonyl (C=O) groups is 1. The molecule has 2 heteroatoms. The highest BCUT2D eigenvalue weighted by atomic mass is 16.5. The Bertz CT molecular complexity index is 700. The summed E-state index contributed by atoms with van der Waals surface area (Å²) >= 11 is 0. The fourth-order valence-electron chi connectivity index (χ4n) is 4.07. The molecule has 0 amide bonds. The van der Waals surface area contributed by atoms with Gasteiger partial charge in [-0.3, -0.25) is 4.79 Å². The van der Waals surface area contributed by atoms with E-state index >= 15 is 0 Å². The fraction of sp³-hybridized carbons (Fsp3) is 0.458. The molecular weight excluding hydrogens is 320 g/mol. The highest BCUT2D eigenvalue weighted by Gasteiger charge is 2.29. The second kappa shape index (κ2) is 9.02. The maximum absolute atomic E-state index is 12.6. The Labute approximate surface area is 157 Å². The zero-order valence-electron chi connectivity index (χ0n) is 16.0. The number of methoxy groups -OCH3 is 1. The van der Waals surface area contributed by atoms with Crippen molar-refractivity contribution in [3.8, 4) is 16.9 Å². The average Bonchev–Trinajstić information content (AvgIpc) is 2.69. The molecule has 0 spiro atoms. The normalized spacial score (nSPS) is 20.2. The third kappa shape index (κ3) is 4.55. The quantitative estimate of drug-likeness (QED) is 0.540. The van der Waals surface area contributed by atoms with Crippen LogP contribution in [0.1, 0.15) is 63.4 Å². The molecule has 0 saturated heterocycles. The standard InChI is InChI=1S/C24H30O2/c1-3-4-5-6-18-7-16-23(24(25)17-18)21-10-8-19(9-11-21)20-12-14-22(26-2)15-13-20/h8-15,18,23H,3-7,16-17H2,1-2H3/t18-,23+/m0/s1. The molecule has 0 heterocycles. The number of ketones is 1. The first-order valence-electron chi connectivity index (χ1n) is 9.98. The summed E-state index contributed by atoms with van der Waals surface area (Å²) in [5.74, 6) is 2.02. The largest absolute Gasteiger partial charge is 0.497 e. The van der Waals surface area contributed by atoms with Gasteiger partial charge in [0.05, 0.1) is 7.11 Å². The smallest absolute Gasteiger partial charge is 0.140 e. The van der Waals surface area contributed by atoms with Crippen LogP contribution in [0.3, 0.4) is 0 Å². The van der Waals surface area contributed by atoms with Crippen molar-refractivity contribution in [2.45, 2.75) is 57.8 Å². The molecule has 0 radical (unpaired) electrons. The molecule has 2 nitrogen and oxygen atoms in total. The second-order valence-corrected chi connectivity index (χ2v) is 7.51. The van der Waals surface area contributed by atoms with Crippen LogP contribution in [0.15, 0.2) is 48.5 Å². The number of rotatable bonds is 7.